The van der Waals surface area contributed by atoms with Crippen LogP contribution in [0.2, 0.25) is 0 Å². The molecule has 30 heavy (non-hydrogen) atoms. The molecule has 1 fully saturated rings. The maximum atomic E-state index is 12.5. The van der Waals surface area contributed by atoms with Gasteiger partial charge in [-0.3, -0.25) is 9.59 Å². The van der Waals surface area contributed by atoms with Gasteiger partial charge in [0.05, 0.1) is 0 Å². The molecule has 1 unspecified atom stereocenters. The fourth-order valence-corrected chi connectivity index (χ4v) is 3.59. The van der Waals surface area contributed by atoms with E-state index in [1.54, 1.807) is 24.3 Å². The predicted molar refractivity (Wildman–Crippen MR) is 122 cm³/mol. The van der Waals surface area contributed by atoms with E-state index >= 15 is 0 Å². The topological polar surface area (TPSA) is 70.6 Å². The number of hydrogen-bond donors (Lipinski definition) is 2. The minimum absolute atomic E-state index is 0.0471. The van der Waals surface area contributed by atoms with Gasteiger partial charge in [0, 0.05) is 22.5 Å². The molecule has 0 heterocycles. The Morgan fingerprint density at radius 3 is 2.13 bits per heavy atom. The third kappa shape index (κ3) is 5.78. The van der Waals surface area contributed by atoms with E-state index in [1.165, 1.54) is 12.0 Å². The van der Waals surface area contributed by atoms with Crippen LogP contribution in [0.3, 0.4) is 0 Å². The average molecular weight is 406 g/mol. The number of benzene rings is 2. The maximum absolute atomic E-state index is 12.5. The Labute approximate surface area is 179 Å². The van der Waals surface area contributed by atoms with Crippen molar-refractivity contribution >= 4 is 23.2 Å². The summed E-state index contributed by atoms with van der Waals surface area (Å²) in [6.07, 6.45) is 4.25. The van der Waals surface area contributed by atoms with Gasteiger partial charge in [-0.1, -0.05) is 39.8 Å². The van der Waals surface area contributed by atoms with E-state index in [1.807, 2.05) is 24.3 Å². The summed E-state index contributed by atoms with van der Waals surface area (Å²) in [5.74, 6) is 0.212. The number of rotatable bonds is 4. The summed E-state index contributed by atoms with van der Waals surface area (Å²) in [6, 6.07) is 14.5. The molecule has 1 aliphatic carbocycles. The van der Waals surface area contributed by atoms with Crippen molar-refractivity contribution in [2.45, 2.75) is 58.8 Å². The fraction of sp³-hybridized carbons (Fsp3) is 0.400. The van der Waals surface area contributed by atoms with Gasteiger partial charge in [0.2, 0.25) is 0 Å². The minimum Gasteiger partial charge on any atom is -0.322 e. The van der Waals surface area contributed by atoms with Gasteiger partial charge >= 0.3 is 0 Å². The zero-order valence-electron chi connectivity index (χ0n) is 18.3. The van der Waals surface area contributed by atoms with Crippen molar-refractivity contribution < 1.29 is 9.59 Å². The van der Waals surface area contributed by atoms with E-state index in [0.717, 1.165) is 25.0 Å². The Morgan fingerprint density at radius 1 is 0.933 bits per heavy atom. The van der Waals surface area contributed by atoms with Crippen molar-refractivity contribution in [1.82, 2.24) is 5.43 Å². The summed E-state index contributed by atoms with van der Waals surface area (Å²) in [4.78, 5) is 24.8. The number of hydrazone groups is 1. The zero-order valence-corrected chi connectivity index (χ0v) is 18.3. The molecule has 5 heteroatoms. The van der Waals surface area contributed by atoms with Gasteiger partial charge in [-0.25, -0.2) is 5.43 Å². The highest BCUT2D eigenvalue weighted by Crippen LogP contribution is 2.23. The second-order valence-corrected chi connectivity index (χ2v) is 9.18. The molecule has 0 spiro atoms. The number of carbonyl (C=O) groups excluding carboxylic acids is 2. The van der Waals surface area contributed by atoms with E-state index in [-0.39, 0.29) is 17.2 Å². The average Bonchev–Trinajstić information content (AvgIpc) is 2.72. The summed E-state index contributed by atoms with van der Waals surface area (Å²) >= 11 is 0. The first-order chi connectivity index (χ1) is 14.2. The Hall–Kier alpha value is -2.95. The lowest BCUT2D eigenvalue weighted by Gasteiger charge is -2.19. The number of carbonyl (C=O) groups is 2. The Morgan fingerprint density at radius 2 is 1.53 bits per heavy atom. The monoisotopic (exact) mass is 405 g/mol. The van der Waals surface area contributed by atoms with E-state index in [4.69, 9.17) is 0 Å². The van der Waals surface area contributed by atoms with E-state index in [2.05, 4.69) is 43.5 Å². The smallest absolute Gasteiger partial charge is 0.271 e. The first kappa shape index (κ1) is 21.8. The van der Waals surface area contributed by atoms with Gasteiger partial charge in [0.25, 0.3) is 11.8 Å². The van der Waals surface area contributed by atoms with E-state index in [0.29, 0.717) is 22.7 Å². The Balaban J connectivity index is 1.58. The molecular weight excluding hydrogens is 374 g/mol. The lowest BCUT2D eigenvalue weighted by Crippen LogP contribution is -2.22. The normalized spacial score (nSPS) is 18.1. The SMILES string of the molecule is CC1CCCC(=NNC(=O)c2ccc(NC(=O)c3ccc(C(C)(C)C)cc3)cc2)C1. The molecule has 0 bridgehead atoms. The van der Waals surface area contributed by atoms with Crippen molar-refractivity contribution in [3.8, 4) is 0 Å². The lowest BCUT2D eigenvalue weighted by atomic mass is 9.87. The van der Waals surface area contributed by atoms with Crippen LogP contribution < -0.4 is 10.7 Å². The second-order valence-electron chi connectivity index (χ2n) is 9.18. The third-order valence-electron chi connectivity index (χ3n) is 5.48. The van der Waals surface area contributed by atoms with Gasteiger partial charge in [0.15, 0.2) is 0 Å². The van der Waals surface area contributed by atoms with Crippen molar-refractivity contribution in [2.24, 2.45) is 11.0 Å². The molecule has 2 N–H and O–H groups in total. The van der Waals surface area contributed by atoms with Gasteiger partial charge < -0.3 is 5.32 Å². The van der Waals surface area contributed by atoms with Gasteiger partial charge in [0.1, 0.15) is 0 Å². The summed E-state index contributed by atoms with van der Waals surface area (Å²) in [5.41, 5.74) is 6.69. The van der Waals surface area contributed by atoms with Crippen LogP contribution in [0.4, 0.5) is 5.69 Å². The highest BCUT2D eigenvalue weighted by Gasteiger charge is 2.16. The summed E-state index contributed by atoms with van der Waals surface area (Å²) < 4.78 is 0. The summed E-state index contributed by atoms with van der Waals surface area (Å²) in [6.45, 7) is 8.63. The summed E-state index contributed by atoms with van der Waals surface area (Å²) in [5, 5.41) is 7.16. The van der Waals surface area contributed by atoms with Gasteiger partial charge in [-0.15, -0.1) is 0 Å². The van der Waals surface area contributed by atoms with E-state index in [9.17, 15) is 9.59 Å². The van der Waals surface area contributed by atoms with Gasteiger partial charge in [-0.05, 0) is 79.0 Å². The van der Waals surface area contributed by atoms with Crippen LogP contribution >= 0.6 is 0 Å². The molecule has 1 saturated carbocycles. The quantitative estimate of drug-likeness (QED) is 0.656. The highest BCUT2D eigenvalue weighted by molar-refractivity contribution is 6.04. The number of nitrogens with zero attached hydrogens (tertiary/aromatic N) is 1. The lowest BCUT2D eigenvalue weighted by molar-refractivity contribution is 0.0954. The van der Waals surface area contributed by atoms with Crippen LogP contribution in [-0.2, 0) is 5.41 Å². The van der Waals surface area contributed by atoms with Crippen LogP contribution in [0.15, 0.2) is 53.6 Å². The molecule has 2 aromatic rings. The van der Waals surface area contributed by atoms with Crippen LogP contribution in [-0.4, -0.2) is 17.5 Å². The molecule has 1 atom stereocenters. The third-order valence-corrected chi connectivity index (χ3v) is 5.48. The van der Waals surface area contributed by atoms with Gasteiger partial charge in [-0.2, -0.15) is 5.10 Å². The molecule has 0 aromatic heterocycles. The highest BCUT2D eigenvalue weighted by atomic mass is 16.2. The maximum Gasteiger partial charge on any atom is 0.271 e. The molecular formula is C25H31N3O2. The Bertz CT molecular complexity index is 922. The van der Waals surface area contributed by atoms with Crippen molar-refractivity contribution in [3.63, 3.8) is 0 Å². The van der Waals surface area contributed by atoms with Crippen LogP contribution in [0.1, 0.15) is 79.7 Å². The van der Waals surface area contributed by atoms with Crippen molar-refractivity contribution in [3.05, 3.63) is 65.2 Å². The first-order valence-corrected chi connectivity index (χ1v) is 10.6. The molecule has 5 nitrogen and oxygen atoms in total. The molecule has 2 amide bonds. The van der Waals surface area contributed by atoms with Crippen LogP contribution in [0.5, 0.6) is 0 Å². The predicted octanol–water partition coefficient (Wildman–Crippen LogP) is 5.53. The molecule has 2 aromatic carbocycles. The van der Waals surface area contributed by atoms with Crippen molar-refractivity contribution in [2.75, 3.05) is 5.32 Å². The molecule has 158 valence electrons. The molecule has 0 saturated heterocycles. The standard InChI is InChI=1S/C25H31N3O2/c1-17-6-5-7-22(16-17)27-28-24(30)19-10-14-21(15-11-19)26-23(29)18-8-12-20(13-9-18)25(2,3)4/h8-15,17H,5-7,16H2,1-4H3,(H,26,29)(H,28,30). The van der Waals surface area contributed by atoms with E-state index < -0.39 is 0 Å². The number of nitrogens with one attached hydrogen (secondary N) is 2. The molecule has 0 radical (unpaired) electrons. The zero-order chi connectivity index (χ0) is 21.7. The minimum atomic E-state index is -0.239. The molecule has 1 aliphatic rings. The summed E-state index contributed by atoms with van der Waals surface area (Å²) in [7, 11) is 0. The number of anilines is 1. The number of hydrogen-bond acceptors (Lipinski definition) is 3. The first-order valence-electron chi connectivity index (χ1n) is 10.6. The van der Waals surface area contributed by atoms with Crippen LogP contribution in [0, 0.1) is 5.92 Å². The Kier molecular flexibility index (Phi) is 6.70. The molecule has 3 rings (SSSR count). The van der Waals surface area contributed by atoms with Crippen molar-refractivity contribution in [1.29, 1.82) is 0 Å². The second kappa shape index (κ2) is 9.24. The largest absolute Gasteiger partial charge is 0.322 e. The number of amides is 2. The fourth-order valence-electron chi connectivity index (χ4n) is 3.59. The van der Waals surface area contributed by atoms with Crippen LogP contribution in [0.25, 0.3) is 0 Å². The molecule has 0 aliphatic heterocycles.